The van der Waals surface area contributed by atoms with Gasteiger partial charge in [-0.25, -0.2) is 4.39 Å². The van der Waals surface area contributed by atoms with Gasteiger partial charge in [0.25, 0.3) is 0 Å². The molecule has 1 atom stereocenters. The second-order valence-corrected chi connectivity index (χ2v) is 7.62. The number of hydrogen-bond acceptors (Lipinski definition) is 4. The van der Waals surface area contributed by atoms with Crippen LogP contribution in [0.25, 0.3) is 0 Å². The van der Waals surface area contributed by atoms with Crippen molar-refractivity contribution in [3.63, 3.8) is 0 Å². The van der Waals surface area contributed by atoms with Crippen molar-refractivity contribution in [3.8, 4) is 17.6 Å². The number of likely N-dealkylation sites (N-methyl/N-ethyl adjacent to an activating group) is 1. The van der Waals surface area contributed by atoms with Crippen LogP contribution >= 0.6 is 11.6 Å². The molecule has 6 heteroatoms. The number of rotatable bonds is 7. The number of fused-ring (bicyclic) bond motifs is 1. The van der Waals surface area contributed by atoms with Gasteiger partial charge in [-0.3, -0.25) is 4.79 Å². The average Bonchev–Trinajstić information content (AvgIpc) is 3.12. The van der Waals surface area contributed by atoms with E-state index in [9.17, 15) is 9.18 Å². The van der Waals surface area contributed by atoms with Crippen LogP contribution in [0, 0.1) is 17.7 Å². The van der Waals surface area contributed by atoms with Crippen LogP contribution in [-0.2, 0) is 4.79 Å². The Bertz CT molecular complexity index is 979. The number of unbranched alkanes of at least 4 members (excludes halogenated alkanes) is 1. The van der Waals surface area contributed by atoms with E-state index in [2.05, 4.69) is 28.6 Å². The van der Waals surface area contributed by atoms with Crippen molar-refractivity contribution in [3.05, 3.63) is 71.0 Å². The summed E-state index contributed by atoms with van der Waals surface area (Å²) in [5.74, 6) is 5.03. The number of ether oxygens (including phenoxy) is 1. The molecule has 1 aliphatic rings. The normalized spacial score (nSPS) is 14.5. The van der Waals surface area contributed by atoms with Crippen LogP contribution in [0.5, 0.6) is 5.75 Å². The first-order chi connectivity index (χ1) is 14.5. The van der Waals surface area contributed by atoms with E-state index in [4.69, 9.17) is 16.3 Å². The maximum Gasteiger partial charge on any atom is 0.320 e. The average molecular weight is 427 g/mol. The van der Waals surface area contributed by atoms with Crippen LogP contribution in [0.15, 0.2) is 49.1 Å². The summed E-state index contributed by atoms with van der Waals surface area (Å²) in [5.41, 5.74) is 1.59. The molecule has 2 aromatic rings. The lowest BCUT2D eigenvalue weighted by atomic mass is 9.99. The van der Waals surface area contributed by atoms with Crippen molar-refractivity contribution in [2.24, 2.45) is 0 Å². The lowest BCUT2D eigenvalue weighted by molar-refractivity contribution is -0.135. The minimum absolute atomic E-state index is 0.293. The van der Waals surface area contributed by atoms with Gasteiger partial charge >= 0.3 is 5.97 Å². The zero-order valence-electron chi connectivity index (χ0n) is 16.9. The fourth-order valence-corrected chi connectivity index (χ4v) is 3.38. The Balaban J connectivity index is 1.67. The van der Waals surface area contributed by atoms with Crippen LogP contribution in [-0.4, -0.2) is 37.6 Å². The first kappa shape index (κ1) is 21.9. The predicted molar refractivity (Wildman–Crippen MR) is 119 cm³/mol. The molecule has 0 fully saturated rings. The summed E-state index contributed by atoms with van der Waals surface area (Å²) >= 11 is 5.86. The molecule has 0 radical (unpaired) electrons. The van der Waals surface area contributed by atoms with Crippen molar-refractivity contribution < 1.29 is 13.9 Å². The molecule has 1 N–H and O–H groups in total. The van der Waals surface area contributed by atoms with Gasteiger partial charge in [0.15, 0.2) is 0 Å². The molecule has 0 spiro atoms. The number of benzene rings is 2. The van der Waals surface area contributed by atoms with Crippen LogP contribution in [0.1, 0.15) is 29.9 Å². The summed E-state index contributed by atoms with van der Waals surface area (Å²) in [7, 11) is 2.02. The van der Waals surface area contributed by atoms with Gasteiger partial charge in [-0.15, -0.1) is 6.58 Å². The summed E-state index contributed by atoms with van der Waals surface area (Å²) < 4.78 is 19.9. The van der Waals surface area contributed by atoms with E-state index in [-0.39, 0.29) is 0 Å². The van der Waals surface area contributed by atoms with Gasteiger partial charge in [0, 0.05) is 30.2 Å². The number of nitrogens with one attached hydrogen (secondary N) is 1. The van der Waals surface area contributed by atoms with E-state index in [1.54, 1.807) is 30.3 Å². The van der Waals surface area contributed by atoms with E-state index < -0.39 is 17.7 Å². The molecule has 0 amide bonds. The van der Waals surface area contributed by atoms with Gasteiger partial charge in [-0.1, -0.05) is 29.5 Å². The molecule has 0 aromatic heterocycles. The highest BCUT2D eigenvalue weighted by atomic mass is 35.5. The third-order valence-corrected chi connectivity index (χ3v) is 5.09. The highest BCUT2D eigenvalue weighted by molar-refractivity contribution is 6.30. The van der Waals surface area contributed by atoms with E-state index in [0.29, 0.717) is 40.6 Å². The Labute approximate surface area is 181 Å². The SMILES string of the molecule is C=CCN(C)CCCC#Cc1cc2c(cc1F)NCC2C(=O)Oc1ccc(Cl)cc1. The molecule has 2 aromatic carbocycles. The van der Waals surface area contributed by atoms with Gasteiger partial charge in [0.05, 0.1) is 5.56 Å². The number of hydrogen-bond donors (Lipinski definition) is 1. The molecule has 0 bridgehead atoms. The molecule has 0 aliphatic carbocycles. The summed E-state index contributed by atoms with van der Waals surface area (Å²) in [4.78, 5) is 14.8. The molecule has 1 aliphatic heterocycles. The van der Waals surface area contributed by atoms with Crippen molar-refractivity contribution in [2.45, 2.75) is 18.8 Å². The maximum absolute atomic E-state index is 14.4. The zero-order chi connectivity index (χ0) is 21.5. The topological polar surface area (TPSA) is 41.6 Å². The zero-order valence-corrected chi connectivity index (χ0v) is 17.6. The largest absolute Gasteiger partial charge is 0.426 e. The first-order valence-electron chi connectivity index (χ1n) is 9.81. The Hall–Kier alpha value is -2.81. The van der Waals surface area contributed by atoms with Crippen LogP contribution in [0.2, 0.25) is 5.02 Å². The number of anilines is 1. The molecule has 1 unspecified atom stereocenters. The van der Waals surface area contributed by atoms with Crippen molar-refractivity contribution in [1.82, 2.24) is 4.90 Å². The fourth-order valence-electron chi connectivity index (χ4n) is 3.26. The monoisotopic (exact) mass is 426 g/mol. The summed E-state index contributed by atoms with van der Waals surface area (Å²) in [6, 6.07) is 9.63. The smallest absolute Gasteiger partial charge is 0.320 e. The van der Waals surface area contributed by atoms with E-state index in [1.165, 1.54) is 6.07 Å². The molecule has 0 saturated carbocycles. The standard InChI is InChI=1S/C24H24ClFN2O2/c1-3-12-28(2)13-6-4-5-7-17-14-20-21(16-27-23(20)15-22(17)26)24(29)30-19-10-8-18(25)9-11-19/h3,8-11,14-15,21,27H,1,4,6,12-13,16H2,2H3. The number of esters is 1. The number of halogens is 2. The number of carbonyl (C=O) groups excluding carboxylic acids is 1. The molecule has 4 nitrogen and oxygen atoms in total. The molecular weight excluding hydrogens is 403 g/mol. The Morgan fingerprint density at radius 1 is 1.40 bits per heavy atom. The second kappa shape index (κ2) is 10.3. The highest BCUT2D eigenvalue weighted by Crippen LogP contribution is 2.34. The minimum atomic E-state index is -0.524. The summed E-state index contributed by atoms with van der Waals surface area (Å²) in [5, 5.41) is 3.63. The van der Waals surface area contributed by atoms with Gasteiger partial charge in [-0.05, 0) is 62.0 Å². The first-order valence-corrected chi connectivity index (χ1v) is 10.2. The van der Waals surface area contributed by atoms with Gasteiger partial charge in [-0.2, -0.15) is 0 Å². The summed E-state index contributed by atoms with van der Waals surface area (Å²) in [6.45, 7) is 5.79. The van der Waals surface area contributed by atoms with Crippen LogP contribution in [0.3, 0.4) is 0 Å². The third kappa shape index (κ3) is 5.63. The van der Waals surface area contributed by atoms with E-state index in [1.807, 2.05) is 13.1 Å². The lowest BCUT2D eigenvalue weighted by Gasteiger charge is -2.12. The Kier molecular flexibility index (Phi) is 7.51. The van der Waals surface area contributed by atoms with E-state index >= 15 is 0 Å². The van der Waals surface area contributed by atoms with Crippen molar-refractivity contribution >= 4 is 23.3 Å². The Morgan fingerprint density at radius 3 is 2.90 bits per heavy atom. The minimum Gasteiger partial charge on any atom is -0.426 e. The fraction of sp³-hybridized carbons (Fsp3) is 0.292. The van der Waals surface area contributed by atoms with Crippen molar-refractivity contribution in [2.75, 3.05) is 32.0 Å². The Morgan fingerprint density at radius 2 is 2.17 bits per heavy atom. The molecule has 1 heterocycles. The van der Waals surface area contributed by atoms with Crippen molar-refractivity contribution in [1.29, 1.82) is 0 Å². The quantitative estimate of drug-likeness (QED) is 0.226. The van der Waals surface area contributed by atoms with Gasteiger partial charge < -0.3 is 15.0 Å². The second-order valence-electron chi connectivity index (χ2n) is 7.18. The molecular formula is C24H24ClFN2O2. The predicted octanol–water partition coefficient (Wildman–Crippen LogP) is 4.84. The lowest BCUT2D eigenvalue weighted by Crippen LogP contribution is -2.20. The molecule has 3 rings (SSSR count). The van der Waals surface area contributed by atoms with Gasteiger partial charge in [0.2, 0.25) is 0 Å². The van der Waals surface area contributed by atoms with Gasteiger partial charge in [0.1, 0.15) is 17.5 Å². The number of nitrogens with zero attached hydrogens (tertiary/aromatic N) is 1. The number of carbonyl (C=O) groups is 1. The third-order valence-electron chi connectivity index (χ3n) is 4.83. The highest BCUT2D eigenvalue weighted by Gasteiger charge is 2.31. The summed E-state index contributed by atoms with van der Waals surface area (Å²) in [6.07, 6.45) is 3.41. The molecule has 30 heavy (non-hydrogen) atoms. The molecule has 156 valence electrons. The van der Waals surface area contributed by atoms with Crippen LogP contribution in [0.4, 0.5) is 10.1 Å². The van der Waals surface area contributed by atoms with E-state index in [0.717, 1.165) is 19.5 Å². The maximum atomic E-state index is 14.4. The molecule has 0 saturated heterocycles. The van der Waals surface area contributed by atoms with Crippen LogP contribution < -0.4 is 10.1 Å².